The van der Waals surface area contributed by atoms with Crippen LogP contribution in [-0.2, 0) is 35.3 Å². The van der Waals surface area contributed by atoms with Gasteiger partial charge in [-0.2, -0.15) is 10.5 Å². The van der Waals surface area contributed by atoms with Gasteiger partial charge in [-0.15, -0.1) is 13.2 Å². The van der Waals surface area contributed by atoms with E-state index in [0.29, 0.717) is 95.9 Å². The number of likely N-dealkylation sites (N-methyl/N-ethyl adjacent to an activating group) is 2. The minimum Gasteiger partial charge on any atom is -0.504 e. The number of alkyl halides is 1. The molecule has 84 heavy (non-hydrogen) atoms. The summed E-state index contributed by atoms with van der Waals surface area (Å²) in [4.78, 5) is 33.4. The average Bonchev–Trinajstić information content (AvgIpc) is 0.881. The molecule has 4 aromatic rings. The van der Waals surface area contributed by atoms with E-state index >= 15 is 0 Å². The molecule has 0 saturated carbocycles. The number of nitrogens with two attached hydrogens (primary N) is 1. The summed E-state index contributed by atoms with van der Waals surface area (Å²) in [7, 11) is 7.17. The molecule has 10 atom stereocenters. The van der Waals surface area contributed by atoms with Crippen LogP contribution in [0.5, 0.6) is 57.5 Å². The van der Waals surface area contributed by atoms with E-state index < -0.39 is 24.0 Å². The molecule has 2 fully saturated rings. The Morgan fingerprint density at radius 3 is 1.49 bits per heavy atom. The van der Waals surface area contributed by atoms with Crippen LogP contribution in [0.4, 0.5) is 0 Å². The van der Waals surface area contributed by atoms with Crippen molar-refractivity contribution in [2.45, 2.75) is 134 Å². The zero-order valence-corrected chi connectivity index (χ0v) is 51.0. The summed E-state index contributed by atoms with van der Waals surface area (Å²) in [6.45, 7) is 19.1. The van der Waals surface area contributed by atoms with Crippen molar-refractivity contribution in [3.63, 3.8) is 0 Å². The van der Waals surface area contributed by atoms with Crippen molar-refractivity contribution in [2.75, 3.05) is 66.9 Å². The number of carbonyl (C=O) groups is 2. The number of fused-ring (bicyclic) bond motifs is 18. The number of aryl methyl sites for hydroxylation is 2. The highest BCUT2D eigenvalue weighted by atomic mass is 79.9. The number of allylic oxidation sites excluding steroid dienone is 1. The van der Waals surface area contributed by atoms with E-state index in [4.69, 9.17) is 43.6 Å². The molecule has 8 heterocycles. The molecule has 8 aliphatic rings. The van der Waals surface area contributed by atoms with Gasteiger partial charge in [0, 0.05) is 107 Å². The van der Waals surface area contributed by atoms with Crippen LogP contribution in [0.25, 0.3) is 0 Å². The van der Waals surface area contributed by atoms with Gasteiger partial charge in [-0.05, 0) is 96.1 Å². The number of methoxy groups -OCH3 is 2. The summed E-state index contributed by atoms with van der Waals surface area (Å²) >= 11 is 3.24. The van der Waals surface area contributed by atoms with Gasteiger partial charge in [0.25, 0.3) is 0 Å². The SMILES string of the molecule is C=CCCBr.C=CCNC[C@H]1c2c(c(OC(C)=O)c(C)c3c2OCO3)CC2[C@H]3c4c(cc(C)c(OC)c4O)C[C@@H]([C@H](C#N)N21)N3C.COc1c(C)cc2c(c1O)[C@@H]1C3Cc4c(OC(C)=O)c(C)c5c(c4[C@H](CN)N3[C@@H](C#N)[C@H](C2)N1C)OCO5. The number of phenolic OH excluding ortho intramolecular Hbond substituents is 2. The summed E-state index contributed by atoms with van der Waals surface area (Å²) in [5, 5.41) is 48.7. The van der Waals surface area contributed by atoms with E-state index in [1.165, 1.54) is 13.8 Å². The van der Waals surface area contributed by atoms with Crippen LogP contribution in [0, 0.1) is 50.4 Å². The molecule has 0 aliphatic carbocycles. The number of nitrogens with zero attached hydrogens (tertiary/aromatic N) is 6. The van der Waals surface area contributed by atoms with E-state index in [9.17, 15) is 30.3 Å². The number of phenols is 2. The number of halogens is 1. The van der Waals surface area contributed by atoms with Crippen LogP contribution in [0.3, 0.4) is 0 Å². The van der Waals surface area contributed by atoms with Crippen LogP contribution < -0.4 is 48.9 Å². The molecule has 21 heteroatoms. The minimum atomic E-state index is -0.461. The molecule has 2 unspecified atom stereocenters. The molecule has 12 rings (SSSR count). The predicted octanol–water partition coefficient (Wildman–Crippen LogP) is 7.58. The number of benzene rings is 4. The lowest BCUT2D eigenvalue weighted by Gasteiger charge is -2.60. The highest BCUT2D eigenvalue weighted by Gasteiger charge is 2.59. The van der Waals surface area contributed by atoms with Crippen molar-refractivity contribution in [1.29, 1.82) is 10.5 Å². The highest BCUT2D eigenvalue weighted by molar-refractivity contribution is 9.09. The van der Waals surface area contributed by atoms with E-state index in [1.54, 1.807) is 20.3 Å². The Bertz CT molecular complexity index is 3420. The predicted molar refractivity (Wildman–Crippen MR) is 316 cm³/mol. The highest BCUT2D eigenvalue weighted by Crippen LogP contribution is 2.61. The topological polar surface area (TPSA) is 247 Å². The Labute approximate surface area is 499 Å². The first-order chi connectivity index (χ1) is 40.4. The van der Waals surface area contributed by atoms with E-state index in [0.717, 1.165) is 67.4 Å². The number of nitrogens with one attached hydrogen (secondary N) is 1. The van der Waals surface area contributed by atoms with Crippen molar-refractivity contribution < 1.29 is 57.7 Å². The maximum absolute atomic E-state index is 12.3. The third-order valence-corrected chi connectivity index (χ3v) is 18.6. The van der Waals surface area contributed by atoms with Gasteiger partial charge in [0.2, 0.25) is 13.6 Å². The second-order valence-corrected chi connectivity index (χ2v) is 23.4. The molecule has 4 aromatic carbocycles. The Morgan fingerprint density at radius 1 is 0.690 bits per heavy atom. The second-order valence-electron chi connectivity index (χ2n) is 22.6. The lowest BCUT2D eigenvalue weighted by atomic mass is 9.71. The first kappa shape index (κ1) is 60.1. The average molecular weight is 1220 g/mol. The molecule has 5 N–H and O–H groups in total. The normalized spacial score (nSPS) is 25.4. The summed E-state index contributed by atoms with van der Waals surface area (Å²) in [5.41, 5.74) is 16.6. The number of hydrogen-bond acceptors (Lipinski definition) is 20. The molecule has 446 valence electrons. The smallest absolute Gasteiger partial charge is 0.308 e. The van der Waals surface area contributed by atoms with Gasteiger partial charge in [-0.3, -0.25) is 29.2 Å². The van der Waals surface area contributed by atoms with Gasteiger partial charge in [-0.25, -0.2) is 0 Å². The Balaban J connectivity index is 0.000000174. The number of ether oxygens (including phenoxy) is 8. The number of carbonyl (C=O) groups excluding carboxylic acids is 2. The largest absolute Gasteiger partial charge is 0.504 e. The molecule has 0 spiro atoms. The number of nitriles is 2. The molecular formula is C63H75BrN8O12. The van der Waals surface area contributed by atoms with Crippen molar-refractivity contribution >= 4 is 27.9 Å². The van der Waals surface area contributed by atoms with Gasteiger partial charge in [0.05, 0.1) is 50.5 Å². The number of rotatable bonds is 11. The quantitative estimate of drug-likeness (QED) is 0.0372. The van der Waals surface area contributed by atoms with Crippen LogP contribution in [0.15, 0.2) is 37.4 Å². The first-order valence-corrected chi connectivity index (χ1v) is 29.5. The molecule has 0 amide bonds. The standard InChI is InChI=1S/C31H36N4O6.C28H32N4O6.C4H7Br/c1-7-8-33-13-23-25-19(29(41-17(4)36)16(3)30-31(25)40-14-39-30)11-21-26-24-18(9-15(2)28(38-6)27(24)37)10-20(34(26)5)22(12-32)35(21)23;1-12-6-15-7-17-19(9-29)32-18(23(31(17)4)21(15)24(34)25(12)35-5)8-16-22(20(32)10-30)28-27(36-11-37-28)13(2)26(16)38-14(3)33;1-2-3-4-5/h7,9,20-23,26,33,37H,1,8,10-11,13-14H2,2-6H3;6,17-20,23,34H,7-8,10-11,30H2,1-5H3;2H,1,3-4H2/t20-,21?,22-,23-,26-;17-,18?,19-,20-,23-;/m00./s1. The Hall–Kier alpha value is -7.08. The number of hydrogen-bond donors (Lipinski definition) is 4. The minimum absolute atomic E-state index is 0.0585. The maximum Gasteiger partial charge on any atom is 0.308 e. The summed E-state index contributed by atoms with van der Waals surface area (Å²) in [6, 6.07) is 6.60. The van der Waals surface area contributed by atoms with Crippen molar-refractivity contribution in [3.8, 4) is 69.6 Å². The van der Waals surface area contributed by atoms with Gasteiger partial charge >= 0.3 is 11.9 Å². The number of aromatic hydroxyl groups is 2. The summed E-state index contributed by atoms with van der Waals surface area (Å²) in [6.07, 6.45) is 6.91. The molecule has 4 bridgehead atoms. The molecule has 2 saturated heterocycles. The fourth-order valence-corrected chi connectivity index (χ4v) is 15.4. The zero-order chi connectivity index (χ0) is 60.3. The third-order valence-electron chi connectivity index (χ3n) is 18.2. The monoisotopic (exact) mass is 1210 g/mol. The molecule has 0 radical (unpaired) electrons. The fraction of sp³-hybridized carbons (Fsp3) is 0.492. The van der Waals surface area contributed by atoms with E-state index in [1.807, 2.05) is 47.9 Å². The zero-order valence-electron chi connectivity index (χ0n) is 49.4. The van der Waals surface area contributed by atoms with Crippen molar-refractivity contribution in [1.82, 2.24) is 24.9 Å². The summed E-state index contributed by atoms with van der Waals surface area (Å²) in [5.74, 6) is 3.61. The molecule has 8 aliphatic heterocycles. The van der Waals surface area contributed by atoms with Gasteiger partial charge in [0.1, 0.15) is 23.6 Å². The van der Waals surface area contributed by atoms with Gasteiger partial charge < -0.3 is 59.2 Å². The third kappa shape index (κ3) is 9.65. The Morgan fingerprint density at radius 2 is 1.12 bits per heavy atom. The van der Waals surface area contributed by atoms with Crippen molar-refractivity contribution in [2.24, 2.45) is 5.73 Å². The lowest BCUT2D eigenvalue weighted by Crippen LogP contribution is -2.68. The van der Waals surface area contributed by atoms with Crippen LogP contribution in [0.2, 0.25) is 0 Å². The van der Waals surface area contributed by atoms with Gasteiger partial charge in [-0.1, -0.05) is 40.2 Å². The second kappa shape index (κ2) is 24.1. The van der Waals surface area contributed by atoms with Crippen molar-refractivity contribution in [3.05, 3.63) is 104 Å². The van der Waals surface area contributed by atoms with Crippen LogP contribution in [0.1, 0.15) is 111 Å². The first-order valence-electron chi connectivity index (χ1n) is 28.4. The van der Waals surface area contributed by atoms with E-state index in [-0.39, 0.29) is 80.0 Å². The molecule has 0 aromatic heterocycles. The summed E-state index contributed by atoms with van der Waals surface area (Å²) < 4.78 is 46.6. The maximum atomic E-state index is 12.3. The fourth-order valence-electron chi connectivity index (χ4n) is 15.1. The Kier molecular flexibility index (Phi) is 17.2. The lowest BCUT2D eigenvalue weighted by molar-refractivity contribution is -0.133. The van der Waals surface area contributed by atoms with Crippen LogP contribution >= 0.6 is 15.9 Å². The number of esters is 2. The van der Waals surface area contributed by atoms with Gasteiger partial charge in [0.15, 0.2) is 46.0 Å². The number of piperazine rings is 2. The molecule has 20 nitrogen and oxygen atoms in total. The molecular weight excluding hydrogens is 1140 g/mol. The van der Waals surface area contributed by atoms with Crippen LogP contribution in [-0.4, -0.2) is 145 Å². The van der Waals surface area contributed by atoms with E-state index in [2.05, 4.69) is 78.3 Å².